The summed E-state index contributed by atoms with van der Waals surface area (Å²) in [4.78, 5) is 12.9. The van der Waals surface area contributed by atoms with Crippen molar-refractivity contribution in [1.82, 2.24) is 9.97 Å². The first kappa shape index (κ1) is 12.4. The summed E-state index contributed by atoms with van der Waals surface area (Å²) in [5, 5.41) is 0. The number of anilines is 2. The number of nitrogens with zero attached hydrogens (tertiary/aromatic N) is 4. The molecule has 0 bridgehead atoms. The predicted molar refractivity (Wildman–Crippen MR) is 76.1 cm³/mol. The fraction of sp³-hybridized carbons (Fsp3) is 0.286. The Morgan fingerprint density at radius 3 is 1.44 bits per heavy atom. The van der Waals surface area contributed by atoms with Crippen LogP contribution in [-0.2, 0) is 0 Å². The number of rotatable bonds is 3. The molecule has 0 fully saturated rings. The first-order valence-corrected chi connectivity index (χ1v) is 5.85. The average Bonchev–Trinajstić information content (AvgIpc) is 2.39. The lowest BCUT2D eigenvalue weighted by atomic mass is 10.2. The average molecular weight is 242 g/mol. The van der Waals surface area contributed by atoms with Crippen LogP contribution in [0.3, 0.4) is 0 Å². The molecule has 0 spiro atoms. The molecule has 2 aromatic rings. The fourth-order valence-electron chi connectivity index (χ4n) is 1.68. The maximum atomic E-state index is 4.38. The number of hydrogen-bond acceptors (Lipinski definition) is 4. The lowest BCUT2D eigenvalue weighted by molar-refractivity contribution is 1.11. The molecule has 2 heterocycles. The summed E-state index contributed by atoms with van der Waals surface area (Å²) < 4.78 is 0. The number of aromatic nitrogens is 2. The van der Waals surface area contributed by atoms with Gasteiger partial charge in [-0.25, -0.2) is 0 Å². The minimum Gasteiger partial charge on any atom is -0.378 e. The van der Waals surface area contributed by atoms with Gasteiger partial charge in [-0.15, -0.1) is 0 Å². The van der Waals surface area contributed by atoms with Gasteiger partial charge in [-0.3, -0.25) is 9.97 Å². The Kier molecular flexibility index (Phi) is 3.46. The van der Waals surface area contributed by atoms with Crippen LogP contribution in [0.2, 0.25) is 0 Å². The van der Waals surface area contributed by atoms with Crippen LogP contribution in [0.1, 0.15) is 0 Å². The van der Waals surface area contributed by atoms with Gasteiger partial charge in [-0.05, 0) is 24.3 Å². The van der Waals surface area contributed by atoms with Crippen LogP contribution >= 0.6 is 0 Å². The molecule has 0 saturated heterocycles. The van der Waals surface area contributed by atoms with Crippen LogP contribution in [0.25, 0.3) is 11.4 Å². The van der Waals surface area contributed by atoms with Gasteiger partial charge < -0.3 is 9.80 Å². The molecule has 0 atom stereocenters. The van der Waals surface area contributed by atoms with Gasteiger partial charge in [0.05, 0.1) is 11.4 Å². The minimum absolute atomic E-state index is 0.893. The molecule has 0 aromatic carbocycles. The Hall–Kier alpha value is -2.10. The van der Waals surface area contributed by atoms with Crippen molar-refractivity contribution in [2.45, 2.75) is 0 Å². The van der Waals surface area contributed by atoms with Crippen molar-refractivity contribution in [2.75, 3.05) is 38.0 Å². The van der Waals surface area contributed by atoms with Crippen molar-refractivity contribution in [3.63, 3.8) is 0 Å². The highest BCUT2D eigenvalue weighted by Crippen LogP contribution is 2.22. The van der Waals surface area contributed by atoms with Gasteiger partial charge in [0.15, 0.2) is 0 Å². The molecule has 4 heteroatoms. The van der Waals surface area contributed by atoms with Crippen molar-refractivity contribution in [1.29, 1.82) is 0 Å². The summed E-state index contributed by atoms with van der Waals surface area (Å²) in [7, 11) is 8.07. The Labute approximate surface area is 108 Å². The molecule has 2 rings (SSSR count). The van der Waals surface area contributed by atoms with Gasteiger partial charge in [0.2, 0.25) is 0 Å². The van der Waals surface area contributed by atoms with Gasteiger partial charge in [-0.2, -0.15) is 0 Å². The quantitative estimate of drug-likeness (QED) is 0.826. The zero-order valence-corrected chi connectivity index (χ0v) is 11.3. The fourth-order valence-corrected chi connectivity index (χ4v) is 1.68. The number of hydrogen-bond donors (Lipinski definition) is 0. The highest BCUT2D eigenvalue weighted by molar-refractivity contribution is 5.64. The second-order valence-electron chi connectivity index (χ2n) is 4.59. The third-order valence-electron chi connectivity index (χ3n) is 2.78. The smallest absolute Gasteiger partial charge is 0.0907 e. The predicted octanol–water partition coefficient (Wildman–Crippen LogP) is 2.28. The molecule has 0 unspecified atom stereocenters. The Morgan fingerprint density at radius 2 is 1.11 bits per heavy atom. The monoisotopic (exact) mass is 242 g/mol. The van der Waals surface area contributed by atoms with E-state index in [9.17, 15) is 0 Å². The molecule has 2 aromatic heterocycles. The molecule has 18 heavy (non-hydrogen) atoms. The first-order valence-electron chi connectivity index (χ1n) is 5.85. The van der Waals surface area contributed by atoms with E-state index in [4.69, 9.17) is 0 Å². The largest absolute Gasteiger partial charge is 0.378 e. The highest BCUT2D eigenvalue weighted by Gasteiger charge is 2.05. The Balaban J connectivity index is 2.42. The van der Waals surface area contributed by atoms with Crippen molar-refractivity contribution in [3.05, 3.63) is 36.7 Å². The molecule has 0 aliphatic carbocycles. The standard InChI is InChI=1S/C14H18N4/c1-17(2)11-5-7-15-13(9-11)14-10-12(18(3)4)6-8-16-14/h5-10H,1-4H3. The highest BCUT2D eigenvalue weighted by atomic mass is 15.1. The van der Waals surface area contributed by atoms with Crippen LogP contribution in [0.5, 0.6) is 0 Å². The molecule has 4 nitrogen and oxygen atoms in total. The Bertz CT molecular complexity index is 485. The van der Waals surface area contributed by atoms with E-state index in [1.165, 1.54) is 0 Å². The molecule has 0 amide bonds. The van der Waals surface area contributed by atoms with Crippen LogP contribution in [0.4, 0.5) is 11.4 Å². The third-order valence-corrected chi connectivity index (χ3v) is 2.78. The van der Waals surface area contributed by atoms with E-state index in [2.05, 4.69) is 19.8 Å². The molecule has 0 N–H and O–H groups in total. The van der Waals surface area contributed by atoms with Gasteiger partial charge in [0.1, 0.15) is 0 Å². The lowest BCUT2D eigenvalue weighted by Gasteiger charge is -2.14. The van der Waals surface area contributed by atoms with E-state index in [0.717, 1.165) is 22.8 Å². The van der Waals surface area contributed by atoms with E-state index in [1.54, 1.807) is 0 Å². The molecular weight excluding hydrogens is 224 g/mol. The second-order valence-corrected chi connectivity index (χ2v) is 4.59. The number of pyridine rings is 2. The normalized spacial score (nSPS) is 10.2. The van der Waals surface area contributed by atoms with E-state index in [-0.39, 0.29) is 0 Å². The summed E-state index contributed by atoms with van der Waals surface area (Å²) in [5.74, 6) is 0. The van der Waals surface area contributed by atoms with Crippen molar-refractivity contribution in [2.24, 2.45) is 0 Å². The maximum absolute atomic E-state index is 4.38. The van der Waals surface area contributed by atoms with Gasteiger partial charge >= 0.3 is 0 Å². The zero-order chi connectivity index (χ0) is 13.1. The van der Waals surface area contributed by atoms with E-state index >= 15 is 0 Å². The summed E-state index contributed by atoms with van der Waals surface area (Å²) in [6.07, 6.45) is 3.63. The van der Waals surface area contributed by atoms with Gasteiger partial charge in [0.25, 0.3) is 0 Å². The van der Waals surface area contributed by atoms with Crippen molar-refractivity contribution < 1.29 is 0 Å². The van der Waals surface area contributed by atoms with Crippen molar-refractivity contribution in [3.8, 4) is 11.4 Å². The van der Waals surface area contributed by atoms with Crippen molar-refractivity contribution >= 4 is 11.4 Å². The molecule has 0 radical (unpaired) electrons. The summed E-state index contributed by atoms with van der Waals surface area (Å²) in [5.41, 5.74) is 4.03. The summed E-state index contributed by atoms with van der Waals surface area (Å²) in [6.45, 7) is 0. The van der Waals surface area contributed by atoms with E-state index in [0.29, 0.717) is 0 Å². The molecule has 0 aliphatic rings. The minimum atomic E-state index is 0.893. The second kappa shape index (κ2) is 5.04. The van der Waals surface area contributed by atoms with E-state index in [1.807, 2.05) is 64.8 Å². The van der Waals surface area contributed by atoms with Crippen LogP contribution in [0, 0.1) is 0 Å². The molecular formula is C14H18N4. The van der Waals surface area contributed by atoms with Crippen LogP contribution in [0.15, 0.2) is 36.7 Å². The van der Waals surface area contributed by atoms with Crippen LogP contribution in [-0.4, -0.2) is 38.2 Å². The first-order chi connectivity index (χ1) is 8.58. The third kappa shape index (κ3) is 2.59. The van der Waals surface area contributed by atoms with E-state index < -0.39 is 0 Å². The molecule has 94 valence electrons. The molecule has 0 saturated carbocycles. The maximum Gasteiger partial charge on any atom is 0.0907 e. The SMILES string of the molecule is CN(C)c1ccnc(-c2cc(N(C)C)ccn2)c1. The topological polar surface area (TPSA) is 32.3 Å². The molecule has 0 aliphatic heterocycles. The summed E-state index contributed by atoms with van der Waals surface area (Å²) >= 11 is 0. The lowest BCUT2D eigenvalue weighted by Crippen LogP contribution is -2.09. The Morgan fingerprint density at radius 1 is 0.722 bits per heavy atom. The van der Waals surface area contributed by atoms with Crippen LogP contribution < -0.4 is 9.80 Å². The van der Waals surface area contributed by atoms with Gasteiger partial charge in [0, 0.05) is 52.0 Å². The zero-order valence-electron chi connectivity index (χ0n) is 11.3. The summed E-state index contributed by atoms with van der Waals surface area (Å²) in [6, 6.07) is 8.06. The van der Waals surface area contributed by atoms with Gasteiger partial charge in [-0.1, -0.05) is 0 Å².